The van der Waals surface area contributed by atoms with Gasteiger partial charge in [-0.15, -0.1) is 11.6 Å². The van der Waals surface area contributed by atoms with Gasteiger partial charge in [0.15, 0.2) is 11.5 Å². The van der Waals surface area contributed by atoms with Crippen molar-refractivity contribution in [2.24, 2.45) is 5.92 Å². The van der Waals surface area contributed by atoms with Crippen molar-refractivity contribution in [3.63, 3.8) is 0 Å². The molecule has 148 valence electrons. The summed E-state index contributed by atoms with van der Waals surface area (Å²) >= 11 is 6.35. The smallest absolute Gasteiger partial charge is 0.290 e. The number of carbonyl (C=O) groups excluding carboxylic acids is 2. The third-order valence-electron chi connectivity index (χ3n) is 6.08. The molecule has 1 fully saturated rings. The highest BCUT2D eigenvalue weighted by Gasteiger charge is 2.52. The Morgan fingerprint density at radius 1 is 1.10 bits per heavy atom. The number of ketones is 1. The fourth-order valence-electron chi connectivity index (χ4n) is 4.69. The van der Waals surface area contributed by atoms with E-state index in [2.05, 4.69) is 4.98 Å². The molecule has 4 unspecified atom stereocenters. The average molecular weight is 409 g/mol. The lowest BCUT2D eigenvalue weighted by Gasteiger charge is -2.37. The van der Waals surface area contributed by atoms with Gasteiger partial charge in [0.25, 0.3) is 5.91 Å². The van der Waals surface area contributed by atoms with E-state index in [4.69, 9.17) is 16.3 Å². The summed E-state index contributed by atoms with van der Waals surface area (Å²) in [5.74, 6) is -0.292. The van der Waals surface area contributed by atoms with Crippen LogP contribution >= 0.6 is 11.6 Å². The van der Waals surface area contributed by atoms with Crippen molar-refractivity contribution < 1.29 is 14.3 Å². The molecule has 1 saturated carbocycles. The number of Topliss-reactive ketones (excluding diaryl/α,β-unsaturated/α-hetero) is 1. The van der Waals surface area contributed by atoms with E-state index in [1.165, 1.54) is 0 Å². The maximum Gasteiger partial charge on any atom is 0.290 e. The van der Waals surface area contributed by atoms with Gasteiger partial charge in [0, 0.05) is 24.3 Å². The number of ether oxygens (including phenoxy) is 1. The number of carbonyl (C=O) groups is 2. The van der Waals surface area contributed by atoms with E-state index in [1.807, 2.05) is 42.5 Å². The SMILES string of the molecule is O=C1C2=C(OC3CCC(Cl)CC13)C(=O)N(Cc1ccccc1)C2c1cccnc1. The summed E-state index contributed by atoms with van der Waals surface area (Å²) < 4.78 is 6.15. The molecule has 0 spiro atoms. The van der Waals surface area contributed by atoms with Crippen LogP contribution in [0, 0.1) is 5.92 Å². The minimum atomic E-state index is -0.490. The van der Waals surface area contributed by atoms with Gasteiger partial charge in [-0.05, 0) is 36.5 Å². The van der Waals surface area contributed by atoms with Gasteiger partial charge in [-0.1, -0.05) is 36.4 Å². The van der Waals surface area contributed by atoms with Crippen molar-refractivity contribution in [3.8, 4) is 0 Å². The molecule has 3 aliphatic rings. The molecule has 1 amide bonds. The van der Waals surface area contributed by atoms with Crippen LogP contribution in [-0.2, 0) is 20.9 Å². The van der Waals surface area contributed by atoms with Crippen molar-refractivity contribution in [2.75, 3.05) is 0 Å². The van der Waals surface area contributed by atoms with Crippen molar-refractivity contribution in [1.29, 1.82) is 0 Å². The number of nitrogens with zero attached hydrogens (tertiary/aromatic N) is 2. The number of amides is 1. The second-order valence-electron chi connectivity index (χ2n) is 7.89. The number of rotatable bonds is 3. The number of pyridine rings is 1. The van der Waals surface area contributed by atoms with Crippen LogP contribution in [0.1, 0.15) is 36.4 Å². The van der Waals surface area contributed by atoms with Crippen LogP contribution in [0.15, 0.2) is 66.2 Å². The van der Waals surface area contributed by atoms with Gasteiger partial charge in [-0.2, -0.15) is 0 Å². The Hall–Kier alpha value is -2.66. The van der Waals surface area contributed by atoms with Crippen molar-refractivity contribution in [3.05, 3.63) is 77.3 Å². The summed E-state index contributed by atoms with van der Waals surface area (Å²) in [6, 6.07) is 13.0. The number of benzene rings is 1. The van der Waals surface area contributed by atoms with E-state index in [9.17, 15) is 9.59 Å². The zero-order valence-electron chi connectivity index (χ0n) is 15.8. The van der Waals surface area contributed by atoms with E-state index in [1.54, 1.807) is 17.3 Å². The summed E-state index contributed by atoms with van der Waals surface area (Å²) in [4.78, 5) is 32.8. The van der Waals surface area contributed by atoms with Crippen molar-refractivity contribution in [2.45, 2.75) is 43.3 Å². The molecule has 5 nitrogen and oxygen atoms in total. The Bertz CT molecular complexity index is 976. The third-order valence-corrected chi connectivity index (χ3v) is 6.47. The largest absolute Gasteiger partial charge is 0.483 e. The highest BCUT2D eigenvalue weighted by molar-refractivity contribution is 6.21. The first kappa shape index (κ1) is 18.4. The molecule has 0 saturated heterocycles. The first-order valence-electron chi connectivity index (χ1n) is 9.97. The minimum Gasteiger partial charge on any atom is -0.483 e. The topological polar surface area (TPSA) is 59.5 Å². The molecule has 0 bridgehead atoms. The monoisotopic (exact) mass is 408 g/mol. The molecule has 3 heterocycles. The normalized spacial score (nSPS) is 28.8. The second kappa shape index (κ2) is 7.30. The van der Waals surface area contributed by atoms with E-state index in [0.29, 0.717) is 25.0 Å². The van der Waals surface area contributed by atoms with Gasteiger partial charge in [-0.25, -0.2) is 0 Å². The van der Waals surface area contributed by atoms with Gasteiger partial charge < -0.3 is 9.64 Å². The van der Waals surface area contributed by atoms with Gasteiger partial charge in [0.2, 0.25) is 0 Å². The summed E-state index contributed by atoms with van der Waals surface area (Å²) in [7, 11) is 0. The molecule has 0 N–H and O–H groups in total. The van der Waals surface area contributed by atoms with Crippen LogP contribution in [0.2, 0.25) is 0 Å². The van der Waals surface area contributed by atoms with E-state index < -0.39 is 6.04 Å². The maximum absolute atomic E-state index is 13.5. The van der Waals surface area contributed by atoms with Gasteiger partial charge in [0.1, 0.15) is 6.10 Å². The molecule has 1 aliphatic carbocycles. The summed E-state index contributed by atoms with van der Waals surface area (Å²) in [6.45, 7) is 0.399. The predicted octanol–water partition coefficient (Wildman–Crippen LogP) is 3.79. The zero-order chi connectivity index (χ0) is 20.0. The molecule has 5 rings (SSSR count). The highest BCUT2D eigenvalue weighted by atomic mass is 35.5. The molecule has 6 heteroatoms. The molecular formula is C23H21ClN2O3. The summed E-state index contributed by atoms with van der Waals surface area (Å²) in [5.41, 5.74) is 2.28. The molecule has 29 heavy (non-hydrogen) atoms. The number of hydrogen-bond acceptors (Lipinski definition) is 4. The van der Waals surface area contributed by atoms with E-state index >= 15 is 0 Å². The van der Waals surface area contributed by atoms with Crippen LogP contribution in [0.4, 0.5) is 0 Å². The first-order valence-corrected chi connectivity index (χ1v) is 10.4. The average Bonchev–Trinajstić information content (AvgIpc) is 3.02. The van der Waals surface area contributed by atoms with Gasteiger partial charge in [-0.3, -0.25) is 14.6 Å². The lowest BCUT2D eigenvalue weighted by atomic mass is 9.77. The molecule has 2 aliphatic heterocycles. The number of fused-ring (bicyclic) bond motifs is 1. The molecule has 4 atom stereocenters. The molecule has 1 aromatic heterocycles. The van der Waals surface area contributed by atoms with E-state index in [-0.39, 0.29) is 34.8 Å². The standard InChI is InChI=1S/C23H21ClN2O3/c24-16-8-9-18-17(11-16)21(27)19-20(15-7-4-10-25-12-15)26(23(28)22(19)29-18)13-14-5-2-1-3-6-14/h1-7,10,12,16-18,20H,8-9,11,13H2. The number of aromatic nitrogens is 1. The van der Waals surface area contributed by atoms with Crippen LogP contribution < -0.4 is 0 Å². The lowest BCUT2D eigenvalue weighted by molar-refractivity contribution is -0.135. The lowest BCUT2D eigenvalue weighted by Crippen LogP contribution is -2.41. The molecule has 2 aromatic rings. The number of halogens is 1. The minimum absolute atomic E-state index is 0.000588. The fraction of sp³-hybridized carbons (Fsp3) is 0.348. The Morgan fingerprint density at radius 3 is 2.69 bits per heavy atom. The summed E-state index contributed by atoms with van der Waals surface area (Å²) in [5, 5.41) is -0.0275. The quantitative estimate of drug-likeness (QED) is 0.725. The third kappa shape index (κ3) is 3.14. The number of alkyl halides is 1. The van der Waals surface area contributed by atoms with Crippen LogP contribution in [-0.4, -0.2) is 33.1 Å². The van der Waals surface area contributed by atoms with Crippen LogP contribution in [0.5, 0.6) is 0 Å². The maximum atomic E-state index is 13.5. The second-order valence-corrected chi connectivity index (χ2v) is 8.50. The Labute approximate surface area is 174 Å². The molecular weight excluding hydrogens is 388 g/mol. The Balaban J connectivity index is 1.57. The van der Waals surface area contributed by atoms with Crippen molar-refractivity contribution >= 4 is 23.3 Å². The Kier molecular flexibility index (Phi) is 4.63. The van der Waals surface area contributed by atoms with E-state index in [0.717, 1.165) is 17.5 Å². The van der Waals surface area contributed by atoms with Crippen LogP contribution in [0.3, 0.4) is 0 Å². The Morgan fingerprint density at radius 2 is 1.93 bits per heavy atom. The zero-order valence-corrected chi connectivity index (χ0v) is 16.6. The first-order chi connectivity index (χ1) is 14.1. The predicted molar refractivity (Wildman–Crippen MR) is 108 cm³/mol. The molecule has 0 radical (unpaired) electrons. The fourth-order valence-corrected chi connectivity index (χ4v) is 5.01. The van der Waals surface area contributed by atoms with Gasteiger partial charge in [0.05, 0.1) is 17.5 Å². The highest BCUT2D eigenvalue weighted by Crippen LogP contribution is 2.47. The van der Waals surface area contributed by atoms with Gasteiger partial charge >= 0.3 is 0 Å². The summed E-state index contributed by atoms with van der Waals surface area (Å²) in [6.07, 6.45) is 5.24. The molecule has 1 aromatic carbocycles. The van der Waals surface area contributed by atoms with Crippen LogP contribution in [0.25, 0.3) is 0 Å². The van der Waals surface area contributed by atoms with Crippen molar-refractivity contribution in [1.82, 2.24) is 9.88 Å². The number of hydrogen-bond donors (Lipinski definition) is 0.